The number of aromatic carboxylic acids is 1. The number of hydrogen-bond acceptors (Lipinski definition) is 6. The molecule has 1 aromatic heterocycles. The van der Waals surface area contributed by atoms with Crippen LogP contribution in [0.4, 0.5) is 10.7 Å². The Hall–Kier alpha value is -1.78. The van der Waals surface area contributed by atoms with Crippen LogP contribution >= 0.6 is 11.3 Å². The van der Waals surface area contributed by atoms with E-state index in [1.165, 1.54) is 0 Å². The molecule has 84 valence electrons. The lowest BCUT2D eigenvalue weighted by Crippen LogP contribution is -2.50. The summed E-state index contributed by atoms with van der Waals surface area (Å²) in [4.78, 5) is 12.6. The number of aliphatic hydroxyl groups is 1. The molecule has 2 rings (SSSR count). The van der Waals surface area contributed by atoms with Crippen molar-refractivity contribution in [1.82, 2.24) is 0 Å². The number of nitrogens with zero attached hydrogens (tertiary/aromatic N) is 2. The lowest BCUT2D eigenvalue weighted by atomic mass is 10.1. The van der Waals surface area contributed by atoms with Gasteiger partial charge in [-0.25, -0.2) is 4.79 Å². The summed E-state index contributed by atoms with van der Waals surface area (Å²) in [6.07, 6.45) is -0.414. The number of carboxylic acids is 1. The number of nitriles is 1. The van der Waals surface area contributed by atoms with Gasteiger partial charge in [0.05, 0.1) is 11.8 Å². The van der Waals surface area contributed by atoms with E-state index in [4.69, 9.17) is 21.2 Å². The number of thiophene rings is 1. The molecule has 0 spiro atoms. The van der Waals surface area contributed by atoms with Crippen LogP contribution in [-0.2, 0) is 0 Å². The molecule has 0 aromatic carbocycles. The number of β-amino-alcohol motifs (C(OH)–C–C–N with tert-alkyl or cyclic N) is 1. The number of nitrogen functional groups attached to an aromatic ring is 1. The summed E-state index contributed by atoms with van der Waals surface area (Å²) in [7, 11) is 0. The standard InChI is InChI=1S/C9H9N3O3S/c10-1-5-6(11)7(9(14)15)16-8(5)12-2-4(13)3-12/h4,13H,2-3,11H2,(H,14,15). The normalized spacial score (nSPS) is 15.6. The molecule has 7 heteroatoms. The summed E-state index contributed by atoms with van der Waals surface area (Å²) < 4.78 is 0. The monoisotopic (exact) mass is 239 g/mol. The Kier molecular flexibility index (Phi) is 2.46. The lowest BCUT2D eigenvalue weighted by Gasteiger charge is -2.36. The highest BCUT2D eigenvalue weighted by Gasteiger charge is 2.31. The highest BCUT2D eigenvalue weighted by atomic mass is 32.1. The smallest absolute Gasteiger partial charge is 0.348 e. The summed E-state index contributed by atoms with van der Waals surface area (Å²) in [5.74, 6) is -1.13. The number of rotatable bonds is 2. The second-order valence-electron chi connectivity index (χ2n) is 3.50. The van der Waals surface area contributed by atoms with Crippen molar-refractivity contribution < 1.29 is 15.0 Å². The van der Waals surface area contributed by atoms with E-state index >= 15 is 0 Å². The Balaban J connectivity index is 2.42. The van der Waals surface area contributed by atoms with Crippen LogP contribution in [0.2, 0.25) is 0 Å². The number of aliphatic hydroxyl groups excluding tert-OH is 1. The van der Waals surface area contributed by atoms with Gasteiger partial charge >= 0.3 is 5.97 Å². The molecule has 0 radical (unpaired) electrons. The molecule has 1 aliphatic heterocycles. The third kappa shape index (κ3) is 1.48. The molecule has 0 atom stereocenters. The Bertz CT molecular complexity index is 485. The topological polar surface area (TPSA) is 111 Å². The van der Waals surface area contributed by atoms with E-state index in [0.717, 1.165) is 11.3 Å². The number of anilines is 2. The summed E-state index contributed by atoms with van der Waals surface area (Å²) in [6, 6.07) is 1.90. The summed E-state index contributed by atoms with van der Waals surface area (Å²) >= 11 is 0.973. The van der Waals surface area contributed by atoms with Crippen molar-refractivity contribution in [1.29, 1.82) is 5.26 Å². The Morgan fingerprint density at radius 1 is 1.62 bits per heavy atom. The van der Waals surface area contributed by atoms with E-state index in [-0.39, 0.29) is 16.1 Å². The largest absolute Gasteiger partial charge is 0.477 e. The average Bonchev–Trinajstić information content (AvgIpc) is 2.50. The number of carbonyl (C=O) groups is 1. The van der Waals surface area contributed by atoms with E-state index in [9.17, 15) is 4.79 Å². The Morgan fingerprint density at radius 3 is 2.69 bits per heavy atom. The maximum Gasteiger partial charge on any atom is 0.348 e. The zero-order valence-corrected chi connectivity index (χ0v) is 8.99. The van der Waals surface area contributed by atoms with Crippen LogP contribution in [0.15, 0.2) is 0 Å². The molecule has 2 heterocycles. The van der Waals surface area contributed by atoms with Crippen molar-refractivity contribution in [2.24, 2.45) is 0 Å². The second-order valence-corrected chi connectivity index (χ2v) is 4.50. The van der Waals surface area contributed by atoms with Gasteiger partial charge in [0.2, 0.25) is 0 Å². The fourth-order valence-electron chi connectivity index (χ4n) is 1.54. The minimum atomic E-state index is -1.13. The number of nitrogens with two attached hydrogens (primary N) is 1. The molecule has 0 aliphatic carbocycles. The summed E-state index contributed by atoms with van der Waals surface area (Å²) in [6.45, 7) is 0.821. The Morgan fingerprint density at radius 2 is 2.25 bits per heavy atom. The predicted molar refractivity (Wildman–Crippen MR) is 58.6 cm³/mol. The van der Waals surface area contributed by atoms with Crippen molar-refractivity contribution >= 4 is 28.0 Å². The van der Waals surface area contributed by atoms with Crippen LogP contribution in [0.5, 0.6) is 0 Å². The summed E-state index contributed by atoms with van der Waals surface area (Å²) in [5.41, 5.74) is 5.78. The molecule has 0 amide bonds. The quantitative estimate of drug-likeness (QED) is 0.674. The summed E-state index contributed by atoms with van der Waals surface area (Å²) in [5, 5.41) is 27.5. The molecular weight excluding hydrogens is 230 g/mol. The molecule has 1 aromatic rings. The highest BCUT2D eigenvalue weighted by molar-refractivity contribution is 7.18. The highest BCUT2D eigenvalue weighted by Crippen LogP contribution is 2.39. The van der Waals surface area contributed by atoms with Gasteiger partial charge < -0.3 is 20.8 Å². The minimum absolute atomic E-state index is 0.0105. The van der Waals surface area contributed by atoms with Crippen LogP contribution in [0.25, 0.3) is 0 Å². The van der Waals surface area contributed by atoms with E-state index < -0.39 is 12.1 Å². The van der Waals surface area contributed by atoms with Crippen LogP contribution in [-0.4, -0.2) is 35.4 Å². The molecule has 0 unspecified atom stereocenters. The minimum Gasteiger partial charge on any atom is -0.477 e. The predicted octanol–water partition coefficient (Wildman–Crippen LogP) is 0.0811. The molecule has 16 heavy (non-hydrogen) atoms. The molecule has 0 saturated carbocycles. The molecular formula is C9H9N3O3S. The number of carboxylic acid groups (broad SMARTS) is 1. The van der Waals surface area contributed by atoms with Gasteiger partial charge in [0, 0.05) is 13.1 Å². The first kappa shape index (κ1) is 10.7. The van der Waals surface area contributed by atoms with E-state index in [2.05, 4.69) is 0 Å². The SMILES string of the molecule is N#Cc1c(N2CC(O)C2)sc(C(=O)O)c1N. The molecule has 4 N–H and O–H groups in total. The van der Waals surface area contributed by atoms with Gasteiger partial charge in [-0.1, -0.05) is 0 Å². The van der Waals surface area contributed by atoms with Gasteiger partial charge in [-0.15, -0.1) is 11.3 Å². The van der Waals surface area contributed by atoms with Gasteiger partial charge in [0.1, 0.15) is 21.5 Å². The first-order valence-electron chi connectivity index (χ1n) is 4.53. The van der Waals surface area contributed by atoms with Crippen LogP contribution in [0.1, 0.15) is 15.2 Å². The van der Waals surface area contributed by atoms with Gasteiger partial charge in [-0.05, 0) is 0 Å². The number of hydrogen-bond donors (Lipinski definition) is 3. The Labute approximate surface area is 95.1 Å². The van der Waals surface area contributed by atoms with E-state index in [0.29, 0.717) is 18.1 Å². The van der Waals surface area contributed by atoms with Gasteiger partial charge in [-0.2, -0.15) is 5.26 Å². The fourth-order valence-corrected chi connectivity index (χ4v) is 2.57. The second kappa shape index (κ2) is 3.66. The molecule has 1 saturated heterocycles. The average molecular weight is 239 g/mol. The molecule has 1 aliphatic rings. The third-order valence-electron chi connectivity index (χ3n) is 2.38. The van der Waals surface area contributed by atoms with Crippen molar-refractivity contribution in [2.75, 3.05) is 23.7 Å². The van der Waals surface area contributed by atoms with Crippen LogP contribution in [0.3, 0.4) is 0 Å². The van der Waals surface area contributed by atoms with Crippen molar-refractivity contribution in [3.05, 3.63) is 10.4 Å². The zero-order valence-electron chi connectivity index (χ0n) is 8.17. The van der Waals surface area contributed by atoms with Crippen LogP contribution < -0.4 is 10.6 Å². The van der Waals surface area contributed by atoms with Gasteiger partial charge in [-0.3, -0.25) is 0 Å². The molecule has 0 bridgehead atoms. The van der Waals surface area contributed by atoms with Crippen LogP contribution in [0, 0.1) is 11.3 Å². The van der Waals surface area contributed by atoms with E-state index in [1.54, 1.807) is 4.90 Å². The zero-order chi connectivity index (χ0) is 11.9. The maximum atomic E-state index is 10.8. The lowest BCUT2D eigenvalue weighted by molar-refractivity contribution is 0.0703. The van der Waals surface area contributed by atoms with Crippen molar-refractivity contribution in [3.8, 4) is 6.07 Å². The van der Waals surface area contributed by atoms with Gasteiger partial charge in [0.15, 0.2) is 0 Å². The van der Waals surface area contributed by atoms with Gasteiger partial charge in [0.25, 0.3) is 0 Å². The first-order valence-corrected chi connectivity index (χ1v) is 5.35. The van der Waals surface area contributed by atoms with Crippen molar-refractivity contribution in [2.45, 2.75) is 6.10 Å². The van der Waals surface area contributed by atoms with E-state index in [1.807, 2.05) is 6.07 Å². The maximum absolute atomic E-state index is 10.8. The fraction of sp³-hybridized carbons (Fsp3) is 0.333. The third-order valence-corrected chi connectivity index (χ3v) is 3.64. The molecule has 6 nitrogen and oxygen atoms in total. The van der Waals surface area contributed by atoms with Crippen molar-refractivity contribution in [3.63, 3.8) is 0 Å². The molecule has 1 fully saturated rings. The first-order chi connectivity index (χ1) is 7.54.